The summed E-state index contributed by atoms with van der Waals surface area (Å²) >= 11 is 0. The maximum atomic E-state index is 12.1. The van der Waals surface area contributed by atoms with E-state index in [4.69, 9.17) is 9.97 Å². The molecule has 6 rings (SSSR count). The van der Waals surface area contributed by atoms with Crippen LogP contribution in [-0.4, -0.2) is 50.6 Å². The summed E-state index contributed by atoms with van der Waals surface area (Å²) in [4.78, 5) is 38.1. The molecule has 0 bridgehead atoms. The third kappa shape index (κ3) is 3.76. The van der Waals surface area contributed by atoms with Crippen molar-refractivity contribution in [3.8, 4) is 28.5 Å². The van der Waals surface area contributed by atoms with Crippen molar-refractivity contribution in [3.63, 3.8) is 0 Å². The number of hydrogen-bond acceptors (Lipinski definition) is 7. The summed E-state index contributed by atoms with van der Waals surface area (Å²) in [6.45, 7) is 5.62. The number of H-pyrrole nitrogens is 2. The van der Waals surface area contributed by atoms with Crippen LogP contribution in [0.25, 0.3) is 50.7 Å². The molecule has 0 atom stereocenters. The van der Waals surface area contributed by atoms with Gasteiger partial charge in [0.2, 0.25) is 5.91 Å². The van der Waals surface area contributed by atoms with Gasteiger partial charge in [-0.1, -0.05) is 13.8 Å². The zero-order chi connectivity index (χ0) is 24.8. The fourth-order valence-corrected chi connectivity index (χ4v) is 3.93. The van der Waals surface area contributed by atoms with Crippen LogP contribution in [0.5, 0.6) is 0 Å². The Labute approximate surface area is 205 Å². The Morgan fingerprint density at radius 1 is 1.08 bits per heavy atom. The molecule has 11 heteroatoms. The van der Waals surface area contributed by atoms with Crippen molar-refractivity contribution >= 4 is 33.8 Å². The van der Waals surface area contributed by atoms with Gasteiger partial charge in [-0.05, 0) is 31.2 Å². The Kier molecular flexibility index (Phi) is 5.03. The molecule has 0 fully saturated rings. The molecule has 6 heterocycles. The molecule has 0 aliphatic carbocycles. The first kappa shape index (κ1) is 21.6. The number of rotatable bonds is 5. The molecule has 11 nitrogen and oxygen atoms in total. The van der Waals surface area contributed by atoms with Crippen LogP contribution in [0.15, 0.2) is 55.4 Å². The number of anilines is 1. The van der Waals surface area contributed by atoms with Crippen molar-refractivity contribution in [2.24, 2.45) is 5.92 Å². The minimum absolute atomic E-state index is 0.0711. The second-order valence-electron chi connectivity index (χ2n) is 8.81. The number of amides is 1. The highest BCUT2D eigenvalue weighted by molar-refractivity contribution is 5.94. The smallest absolute Gasteiger partial charge is 0.226 e. The number of aromatic amines is 2. The number of fused-ring (bicyclic) bond motifs is 2. The molecular weight excluding hydrogens is 456 g/mol. The number of hydrogen-bond donors (Lipinski definition) is 3. The Morgan fingerprint density at radius 2 is 1.97 bits per heavy atom. The van der Waals surface area contributed by atoms with E-state index in [2.05, 4.69) is 35.5 Å². The van der Waals surface area contributed by atoms with Crippen LogP contribution < -0.4 is 5.32 Å². The summed E-state index contributed by atoms with van der Waals surface area (Å²) in [5.41, 5.74) is 7.20. The molecule has 6 aromatic rings. The summed E-state index contributed by atoms with van der Waals surface area (Å²) in [6.07, 6.45) is 8.75. The van der Waals surface area contributed by atoms with Gasteiger partial charge in [0.05, 0.1) is 40.8 Å². The minimum atomic E-state index is -0.131. The van der Waals surface area contributed by atoms with E-state index in [-0.39, 0.29) is 11.8 Å². The van der Waals surface area contributed by atoms with E-state index in [1.165, 1.54) is 0 Å². The third-order valence-electron chi connectivity index (χ3n) is 5.81. The van der Waals surface area contributed by atoms with Gasteiger partial charge in [-0.25, -0.2) is 19.9 Å². The number of pyridine rings is 3. The van der Waals surface area contributed by atoms with Gasteiger partial charge in [-0.15, -0.1) is 0 Å². The standard InChI is InChI=1S/C25H22N10O/c1-13(2)25(36)29-16-8-15(9-26-10-16)17-4-5-18-20(30-17)22(34-33-18)24-31-21-19(6-7-27-23(21)32-24)35-11-14(3)28-12-35/h4-13H,1-3H3,(H,29,36)(H,33,34)(H,27,31,32). The lowest BCUT2D eigenvalue weighted by Crippen LogP contribution is -2.17. The Hall–Kier alpha value is -4.93. The van der Waals surface area contributed by atoms with Crippen LogP contribution in [0.4, 0.5) is 5.69 Å². The van der Waals surface area contributed by atoms with Gasteiger partial charge in [0.15, 0.2) is 17.2 Å². The van der Waals surface area contributed by atoms with Gasteiger partial charge < -0.3 is 14.9 Å². The second-order valence-corrected chi connectivity index (χ2v) is 8.81. The van der Waals surface area contributed by atoms with Crippen LogP contribution in [0.3, 0.4) is 0 Å². The Balaban J connectivity index is 1.41. The van der Waals surface area contributed by atoms with E-state index >= 15 is 0 Å². The topological polar surface area (TPSA) is 143 Å². The highest BCUT2D eigenvalue weighted by Crippen LogP contribution is 2.29. The molecule has 0 aliphatic rings. The van der Waals surface area contributed by atoms with Crippen molar-refractivity contribution < 1.29 is 4.79 Å². The lowest BCUT2D eigenvalue weighted by molar-refractivity contribution is -0.118. The molecule has 3 N–H and O–H groups in total. The maximum absolute atomic E-state index is 12.1. The lowest BCUT2D eigenvalue weighted by Gasteiger charge is -2.08. The molecular formula is C25H22N10O. The molecule has 0 radical (unpaired) electrons. The Bertz CT molecular complexity index is 1740. The molecule has 0 aromatic carbocycles. The third-order valence-corrected chi connectivity index (χ3v) is 5.81. The molecule has 6 aromatic heterocycles. The average Bonchev–Trinajstić information content (AvgIpc) is 3.61. The van der Waals surface area contributed by atoms with Crippen molar-refractivity contribution in [2.45, 2.75) is 20.8 Å². The quantitative estimate of drug-likeness (QED) is 0.339. The van der Waals surface area contributed by atoms with Crippen LogP contribution in [0, 0.1) is 12.8 Å². The van der Waals surface area contributed by atoms with Crippen LogP contribution in [0.2, 0.25) is 0 Å². The largest absolute Gasteiger partial charge is 0.324 e. The molecule has 178 valence electrons. The number of imidazole rings is 2. The molecule has 36 heavy (non-hydrogen) atoms. The van der Waals surface area contributed by atoms with Crippen LogP contribution in [-0.2, 0) is 4.79 Å². The van der Waals surface area contributed by atoms with Crippen molar-refractivity contribution in [2.75, 3.05) is 5.32 Å². The molecule has 0 spiro atoms. The molecule has 0 unspecified atom stereocenters. The predicted molar refractivity (Wildman–Crippen MR) is 135 cm³/mol. The van der Waals surface area contributed by atoms with Crippen molar-refractivity contribution in [1.29, 1.82) is 0 Å². The number of carbonyl (C=O) groups excluding carboxylic acids is 1. The van der Waals surface area contributed by atoms with Gasteiger partial charge in [-0.2, -0.15) is 5.10 Å². The van der Waals surface area contributed by atoms with E-state index in [1.54, 1.807) is 24.9 Å². The summed E-state index contributed by atoms with van der Waals surface area (Å²) in [7, 11) is 0. The summed E-state index contributed by atoms with van der Waals surface area (Å²) in [5.74, 6) is 0.347. The van der Waals surface area contributed by atoms with Gasteiger partial charge >= 0.3 is 0 Å². The summed E-state index contributed by atoms with van der Waals surface area (Å²) in [6, 6.07) is 7.54. The van der Waals surface area contributed by atoms with Gasteiger partial charge in [0.25, 0.3) is 0 Å². The van der Waals surface area contributed by atoms with Gasteiger partial charge in [0.1, 0.15) is 11.0 Å². The highest BCUT2D eigenvalue weighted by atomic mass is 16.1. The maximum Gasteiger partial charge on any atom is 0.226 e. The van der Waals surface area contributed by atoms with E-state index in [9.17, 15) is 4.79 Å². The first-order valence-electron chi connectivity index (χ1n) is 11.4. The number of carbonyl (C=O) groups is 1. The summed E-state index contributed by atoms with van der Waals surface area (Å²) in [5, 5.41) is 10.4. The highest BCUT2D eigenvalue weighted by Gasteiger charge is 2.18. The first-order chi connectivity index (χ1) is 17.5. The van der Waals surface area contributed by atoms with E-state index < -0.39 is 0 Å². The van der Waals surface area contributed by atoms with E-state index in [0.29, 0.717) is 39.6 Å². The van der Waals surface area contributed by atoms with Crippen molar-refractivity contribution in [3.05, 3.63) is 61.1 Å². The molecule has 0 aliphatic heterocycles. The number of aryl methyl sites for hydroxylation is 1. The minimum Gasteiger partial charge on any atom is -0.324 e. The normalized spacial score (nSPS) is 11.6. The molecule has 0 saturated carbocycles. The number of nitrogens with zero attached hydrogens (tertiary/aromatic N) is 7. The fourth-order valence-electron chi connectivity index (χ4n) is 3.93. The van der Waals surface area contributed by atoms with Crippen molar-refractivity contribution in [1.82, 2.24) is 44.7 Å². The fraction of sp³-hybridized carbons (Fsp3) is 0.160. The average molecular weight is 479 g/mol. The van der Waals surface area contributed by atoms with E-state index in [0.717, 1.165) is 22.5 Å². The monoisotopic (exact) mass is 478 g/mol. The summed E-state index contributed by atoms with van der Waals surface area (Å²) < 4.78 is 1.92. The lowest BCUT2D eigenvalue weighted by atomic mass is 10.1. The first-order valence-corrected chi connectivity index (χ1v) is 11.4. The predicted octanol–water partition coefficient (Wildman–Crippen LogP) is 4.05. The number of aromatic nitrogens is 9. The van der Waals surface area contributed by atoms with E-state index in [1.807, 2.05) is 55.8 Å². The zero-order valence-electron chi connectivity index (χ0n) is 19.8. The van der Waals surface area contributed by atoms with Gasteiger partial charge in [0, 0.05) is 30.1 Å². The van der Waals surface area contributed by atoms with Gasteiger partial charge in [-0.3, -0.25) is 14.9 Å². The Morgan fingerprint density at radius 3 is 2.78 bits per heavy atom. The SMILES string of the molecule is Cc1cn(-c2ccnc3[nH]c(-c4n[nH]c5ccc(-c6cncc(NC(=O)C(C)C)c6)nc45)nc23)cn1. The molecule has 1 amide bonds. The van der Waals surface area contributed by atoms with Crippen LogP contribution >= 0.6 is 0 Å². The second kappa shape index (κ2) is 8.38. The van der Waals surface area contributed by atoms with Crippen LogP contribution in [0.1, 0.15) is 19.5 Å². The molecule has 0 saturated heterocycles. The zero-order valence-corrected chi connectivity index (χ0v) is 19.8. The number of nitrogens with one attached hydrogen (secondary N) is 3.